The standard InChI is InChI=1S/C14H29N3O3/c1-13(2,11(18)19)14(3,4)16-12(20)15-9-7-8-10-17(5)6/h7-10H2,1-6H3,(H,18,19)(H2,15,16,20). The van der Waals surface area contributed by atoms with Gasteiger partial charge < -0.3 is 20.6 Å². The van der Waals surface area contributed by atoms with E-state index in [4.69, 9.17) is 0 Å². The summed E-state index contributed by atoms with van der Waals surface area (Å²) in [5.41, 5.74) is -1.89. The summed E-state index contributed by atoms with van der Waals surface area (Å²) in [6.07, 6.45) is 1.91. The first-order valence-electron chi connectivity index (χ1n) is 6.95. The number of urea groups is 1. The molecule has 0 saturated heterocycles. The molecule has 0 aliphatic carbocycles. The van der Waals surface area contributed by atoms with E-state index in [1.54, 1.807) is 27.7 Å². The molecule has 0 unspecified atom stereocenters. The molecule has 0 saturated carbocycles. The molecule has 20 heavy (non-hydrogen) atoms. The van der Waals surface area contributed by atoms with E-state index in [1.165, 1.54) is 0 Å². The van der Waals surface area contributed by atoms with Crippen LogP contribution in [-0.4, -0.2) is 54.7 Å². The van der Waals surface area contributed by atoms with Crippen LogP contribution in [0.4, 0.5) is 4.79 Å². The normalized spacial score (nSPS) is 12.3. The lowest BCUT2D eigenvalue weighted by Crippen LogP contribution is -2.59. The van der Waals surface area contributed by atoms with Crippen LogP contribution in [0.2, 0.25) is 0 Å². The summed E-state index contributed by atoms with van der Waals surface area (Å²) in [5, 5.41) is 14.7. The number of amides is 2. The number of carboxylic acid groups (broad SMARTS) is 1. The third-order valence-electron chi connectivity index (χ3n) is 3.84. The Hall–Kier alpha value is -1.30. The van der Waals surface area contributed by atoms with Crippen molar-refractivity contribution < 1.29 is 14.7 Å². The molecule has 0 aromatic heterocycles. The average Bonchev–Trinajstić information content (AvgIpc) is 2.26. The predicted octanol–water partition coefficient (Wildman–Crippen LogP) is 1.52. The largest absolute Gasteiger partial charge is 0.481 e. The monoisotopic (exact) mass is 287 g/mol. The number of hydrogen-bond donors (Lipinski definition) is 3. The Morgan fingerprint density at radius 3 is 2.10 bits per heavy atom. The third kappa shape index (κ3) is 5.77. The van der Waals surface area contributed by atoms with Gasteiger partial charge in [-0.3, -0.25) is 4.79 Å². The Labute approximate surface area is 121 Å². The predicted molar refractivity (Wildman–Crippen MR) is 79.8 cm³/mol. The van der Waals surface area contributed by atoms with E-state index in [0.29, 0.717) is 6.54 Å². The number of carboxylic acids is 1. The van der Waals surface area contributed by atoms with Crippen molar-refractivity contribution in [1.29, 1.82) is 0 Å². The lowest BCUT2D eigenvalue weighted by Gasteiger charge is -2.38. The number of nitrogens with one attached hydrogen (secondary N) is 2. The lowest BCUT2D eigenvalue weighted by atomic mass is 9.74. The quantitative estimate of drug-likeness (QED) is 0.591. The molecule has 0 aliphatic rings. The van der Waals surface area contributed by atoms with Gasteiger partial charge in [0.15, 0.2) is 0 Å². The minimum Gasteiger partial charge on any atom is -0.481 e. The van der Waals surface area contributed by atoms with Crippen LogP contribution in [-0.2, 0) is 4.79 Å². The summed E-state index contributed by atoms with van der Waals surface area (Å²) in [5.74, 6) is -0.936. The van der Waals surface area contributed by atoms with Crippen molar-refractivity contribution in [3.05, 3.63) is 0 Å². The molecule has 6 nitrogen and oxygen atoms in total. The van der Waals surface area contributed by atoms with Gasteiger partial charge in [0.2, 0.25) is 0 Å². The van der Waals surface area contributed by atoms with E-state index in [-0.39, 0.29) is 6.03 Å². The molecule has 0 bridgehead atoms. The van der Waals surface area contributed by atoms with Crippen LogP contribution in [0.15, 0.2) is 0 Å². The van der Waals surface area contributed by atoms with E-state index in [9.17, 15) is 14.7 Å². The molecule has 0 aromatic carbocycles. The first-order chi connectivity index (χ1) is 9.00. The van der Waals surface area contributed by atoms with Gasteiger partial charge in [0.1, 0.15) is 0 Å². The van der Waals surface area contributed by atoms with Crippen LogP contribution in [0.25, 0.3) is 0 Å². The second-order valence-electron chi connectivity index (χ2n) is 6.45. The summed E-state index contributed by atoms with van der Waals surface area (Å²) < 4.78 is 0. The highest BCUT2D eigenvalue weighted by molar-refractivity contribution is 5.79. The molecule has 6 heteroatoms. The lowest BCUT2D eigenvalue weighted by molar-refractivity contribution is -0.150. The van der Waals surface area contributed by atoms with E-state index >= 15 is 0 Å². The maximum Gasteiger partial charge on any atom is 0.315 e. The highest BCUT2D eigenvalue weighted by Gasteiger charge is 2.44. The molecule has 0 aromatic rings. The van der Waals surface area contributed by atoms with Crippen molar-refractivity contribution in [3.63, 3.8) is 0 Å². The zero-order chi connectivity index (χ0) is 16.0. The van der Waals surface area contributed by atoms with Gasteiger partial charge in [-0.15, -0.1) is 0 Å². The van der Waals surface area contributed by atoms with Crippen LogP contribution >= 0.6 is 0 Å². The fraction of sp³-hybridized carbons (Fsp3) is 0.857. The van der Waals surface area contributed by atoms with Gasteiger partial charge >= 0.3 is 12.0 Å². The second-order valence-corrected chi connectivity index (χ2v) is 6.45. The van der Waals surface area contributed by atoms with Gasteiger partial charge in [0.25, 0.3) is 0 Å². The molecule has 0 fully saturated rings. The molecule has 2 amide bonds. The molecule has 0 heterocycles. The van der Waals surface area contributed by atoms with Crippen LogP contribution in [0.1, 0.15) is 40.5 Å². The molecule has 0 aliphatic heterocycles. The van der Waals surface area contributed by atoms with Gasteiger partial charge in [-0.1, -0.05) is 0 Å². The molecule has 0 atom stereocenters. The topological polar surface area (TPSA) is 81.7 Å². The smallest absolute Gasteiger partial charge is 0.315 e. The highest BCUT2D eigenvalue weighted by atomic mass is 16.4. The fourth-order valence-corrected chi connectivity index (χ4v) is 1.51. The molecular weight excluding hydrogens is 258 g/mol. The number of nitrogens with zero attached hydrogens (tertiary/aromatic N) is 1. The van der Waals surface area contributed by atoms with Crippen molar-refractivity contribution in [1.82, 2.24) is 15.5 Å². The maximum atomic E-state index is 11.8. The SMILES string of the molecule is CN(C)CCCCNC(=O)NC(C)(C)C(C)(C)C(=O)O. The highest BCUT2D eigenvalue weighted by Crippen LogP contribution is 2.30. The van der Waals surface area contributed by atoms with Crippen molar-refractivity contribution in [2.24, 2.45) is 5.41 Å². The van der Waals surface area contributed by atoms with E-state index in [0.717, 1.165) is 19.4 Å². The van der Waals surface area contributed by atoms with E-state index < -0.39 is 16.9 Å². The van der Waals surface area contributed by atoms with E-state index in [1.807, 2.05) is 14.1 Å². The Morgan fingerprint density at radius 1 is 1.10 bits per heavy atom. The molecule has 0 radical (unpaired) electrons. The molecule has 0 rings (SSSR count). The van der Waals surface area contributed by atoms with Crippen LogP contribution in [0.5, 0.6) is 0 Å². The van der Waals surface area contributed by atoms with Gasteiger partial charge in [-0.05, 0) is 61.2 Å². The molecule has 0 spiro atoms. The third-order valence-corrected chi connectivity index (χ3v) is 3.84. The summed E-state index contributed by atoms with van der Waals surface area (Å²) in [7, 11) is 4.02. The Morgan fingerprint density at radius 2 is 1.65 bits per heavy atom. The van der Waals surface area contributed by atoms with Crippen molar-refractivity contribution in [2.75, 3.05) is 27.2 Å². The van der Waals surface area contributed by atoms with Crippen molar-refractivity contribution >= 4 is 12.0 Å². The number of carbonyl (C=O) groups is 2. The number of carbonyl (C=O) groups excluding carboxylic acids is 1. The summed E-state index contributed by atoms with van der Waals surface area (Å²) in [4.78, 5) is 25.1. The summed E-state index contributed by atoms with van der Waals surface area (Å²) in [6.45, 7) is 8.21. The molecule has 118 valence electrons. The van der Waals surface area contributed by atoms with Crippen LogP contribution in [0.3, 0.4) is 0 Å². The first kappa shape index (κ1) is 18.7. The number of unbranched alkanes of at least 4 members (excludes halogenated alkanes) is 1. The van der Waals surface area contributed by atoms with Crippen LogP contribution < -0.4 is 10.6 Å². The Kier molecular flexibility index (Phi) is 6.99. The van der Waals surface area contributed by atoms with E-state index in [2.05, 4.69) is 15.5 Å². The Balaban J connectivity index is 4.17. The van der Waals surface area contributed by atoms with Crippen molar-refractivity contribution in [2.45, 2.75) is 46.1 Å². The van der Waals surface area contributed by atoms with Gasteiger partial charge in [-0.2, -0.15) is 0 Å². The zero-order valence-corrected chi connectivity index (χ0v) is 13.5. The number of hydrogen-bond acceptors (Lipinski definition) is 3. The summed E-state index contributed by atoms with van der Waals surface area (Å²) in [6, 6.07) is -0.325. The minimum atomic E-state index is -1.05. The minimum absolute atomic E-state index is 0.325. The van der Waals surface area contributed by atoms with Crippen molar-refractivity contribution in [3.8, 4) is 0 Å². The zero-order valence-electron chi connectivity index (χ0n) is 13.5. The number of rotatable bonds is 8. The van der Waals surface area contributed by atoms with Gasteiger partial charge in [0, 0.05) is 6.54 Å². The maximum absolute atomic E-state index is 11.8. The van der Waals surface area contributed by atoms with Gasteiger partial charge in [-0.25, -0.2) is 4.79 Å². The average molecular weight is 287 g/mol. The summed E-state index contributed by atoms with van der Waals surface area (Å²) >= 11 is 0. The second kappa shape index (κ2) is 7.47. The Bertz CT molecular complexity index is 339. The van der Waals surface area contributed by atoms with Crippen LogP contribution in [0, 0.1) is 5.41 Å². The molecule has 3 N–H and O–H groups in total. The van der Waals surface area contributed by atoms with Gasteiger partial charge in [0.05, 0.1) is 11.0 Å². The number of aliphatic carboxylic acids is 1. The molecular formula is C14H29N3O3. The first-order valence-corrected chi connectivity index (χ1v) is 6.95. The fourth-order valence-electron chi connectivity index (χ4n) is 1.51.